The van der Waals surface area contributed by atoms with Gasteiger partial charge in [-0.3, -0.25) is 9.59 Å². The lowest BCUT2D eigenvalue weighted by atomic mass is 10.1. The lowest BCUT2D eigenvalue weighted by Gasteiger charge is -2.02. The predicted octanol–water partition coefficient (Wildman–Crippen LogP) is 0.0917. The average Bonchev–Trinajstić information content (AvgIpc) is 1.81. The molecule has 0 heterocycles. The van der Waals surface area contributed by atoms with Gasteiger partial charge in [-0.15, -0.1) is 0 Å². The molecule has 0 unspecified atom stereocenters. The molecule has 0 aromatic rings. The number of hydrogen-bond donors (Lipinski definition) is 3. The minimum absolute atomic E-state index is 0.0633. The lowest BCUT2D eigenvalue weighted by Crippen LogP contribution is -2.23. The second kappa shape index (κ2) is 4.16. The Morgan fingerprint density at radius 1 is 1.30 bits per heavy atom. The third kappa shape index (κ3) is 2.72. The number of carbonyl (C=O) groups is 2. The SMILES string of the molecule is O=C(O)C(CCS)C(=O)O. The van der Waals surface area contributed by atoms with Gasteiger partial charge in [0.1, 0.15) is 0 Å². The molecule has 0 aliphatic rings. The minimum atomic E-state index is -1.31. The van der Waals surface area contributed by atoms with E-state index >= 15 is 0 Å². The molecule has 0 radical (unpaired) electrons. The number of carboxylic acid groups (broad SMARTS) is 2. The molecule has 0 amide bonds. The first-order chi connectivity index (χ1) is 4.59. The van der Waals surface area contributed by atoms with E-state index in [1.54, 1.807) is 0 Å². The summed E-state index contributed by atoms with van der Waals surface area (Å²) in [5.74, 6) is -3.65. The van der Waals surface area contributed by atoms with Gasteiger partial charge in [-0.1, -0.05) is 0 Å². The Hall–Kier alpha value is -0.710. The smallest absolute Gasteiger partial charge is 0.317 e. The maximum Gasteiger partial charge on any atom is 0.317 e. The van der Waals surface area contributed by atoms with Crippen LogP contribution in [0, 0.1) is 5.92 Å². The van der Waals surface area contributed by atoms with Crippen LogP contribution in [-0.2, 0) is 9.59 Å². The van der Waals surface area contributed by atoms with Crippen LogP contribution in [-0.4, -0.2) is 27.9 Å². The molecule has 0 saturated heterocycles. The average molecular weight is 164 g/mol. The van der Waals surface area contributed by atoms with Gasteiger partial charge >= 0.3 is 11.9 Å². The van der Waals surface area contributed by atoms with E-state index < -0.39 is 17.9 Å². The maximum absolute atomic E-state index is 10.1. The van der Waals surface area contributed by atoms with Gasteiger partial charge in [0, 0.05) is 0 Å². The largest absolute Gasteiger partial charge is 0.481 e. The zero-order chi connectivity index (χ0) is 8.15. The second-order valence-corrected chi connectivity index (χ2v) is 2.19. The number of carboxylic acids is 2. The number of rotatable bonds is 4. The predicted molar refractivity (Wildman–Crippen MR) is 37.2 cm³/mol. The zero-order valence-electron chi connectivity index (χ0n) is 5.15. The van der Waals surface area contributed by atoms with Gasteiger partial charge in [0.15, 0.2) is 5.92 Å². The van der Waals surface area contributed by atoms with Crippen LogP contribution in [0.1, 0.15) is 6.42 Å². The first kappa shape index (κ1) is 9.29. The molecular weight excluding hydrogens is 156 g/mol. The standard InChI is InChI=1S/C5H8O4S/c6-4(7)3(1-2-10)5(8)9/h3,10H,1-2H2,(H,6,7)(H,8,9). The Bertz CT molecular complexity index is 131. The molecule has 2 N–H and O–H groups in total. The van der Waals surface area contributed by atoms with Crippen LogP contribution >= 0.6 is 12.6 Å². The fourth-order valence-electron chi connectivity index (χ4n) is 0.482. The van der Waals surface area contributed by atoms with E-state index in [9.17, 15) is 9.59 Å². The van der Waals surface area contributed by atoms with Gasteiger partial charge in [-0.05, 0) is 12.2 Å². The Labute approximate surface area is 63.3 Å². The molecule has 0 spiro atoms. The fourth-order valence-corrected chi connectivity index (χ4v) is 0.740. The summed E-state index contributed by atoms with van der Waals surface area (Å²) < 4.78 is 0. The fraction of sp³-hybridized carbons (Fsp3) is 0.600. The molecule has 0 fully saturated rings. The summed E-state index contributed by atoms with van der Waals surface area (Å²) >= 11 is 3.72. The van der Waals surface area contributed by atoms with Gasteiger partial charge in [0.2, 0.25) is 0 Å². The van der Waals surface area contributed by atoms with Crippen molar-refractivity contribution in [3.05, 3.63) is 0 Å². The van der Waals surface area contributed by atoms with Gasteiger partial charge in [-0.2, -0.15) is 12.6 Å². The quantitative estimate of drug-likeness (QED) is 0.406. The molecule has 0 aliphatic heterocycles. The Kier molecular flexibility index (Phi) is 3.87. The summed E-state index contributed by atoms with van der Waals surface area (Å²) in [4.78, 5) is 20.2. The summed E-state index contributed by atoms with van der Waals surface area (Å²) in [7, 11) is 0. The van der Waals surface area contributed by atoms with Gasteiger partial charge < -0.3 is 10.2 Å². The topological polar surface area (TPSA) is 74.6 Å². The van der Waals surface area contributed by atoms with Crippen molar-refractivity contribution in [2.45, 2.75) is 6.42 Å². The van der Waals surface area contributed by atoms with E-state index in [1.807, 2.05) is 0 Å². The van der Waals surface area contributed by atoms with Gasteiger partial charge in [0.25, 0.3) is 0 Å². The highest BCUT2D eigenvalue weighted by Gasteiger charge is 2.23. The van der Waals surface area contributed by atoms with E-state index in [0.717, 1.165) is 0 Å². The minimum Gasteiger partial charge on any atom is -0.481 e. The summed E-state index contributed by atoms with van der Waals surface area (Å²) in [5.41, 5.74) is 0. The molecule has 0 atom stereocenters. The highest BCUT2D eigenvalue weighted by molar-refractivity contribution is 7.80. The molecule has 0 aromatic heterocycles. The number of aliphatic carboxylic acids is 2. The summed E-state index contributed by atoms with van der Waals surface area (Å²) in [6, 6.07) is 0. The number of thiol groups is 1. The highest BCUT2D eigenvalue weighted by atomic mass is 32.1. The van der Waals surface area contributed by atoms with Crippen LogP contribution in [0.4, 0.5) is 0 Å². The van der Waals surface area contributed by atoms with Crippen molar-refractivity contribution < 1.29 is 19.8 Å². The molecule has 0 aliphatic carbocycles. The van der Waals surface area contributed by atoms with Crippen LogP contribution in [0.2, 0.25) is 0 Å². The Morgan fingerprint density at radius 3 is 1.80 bits per heavy atom. The maximum atomic E-state index is 10.1. The van der Waals surface area contributed by atoms with E-state index in [-0.39, 0.29) is 12.2 Å². The monoisotopic (exact) mass is 164 g/mol. The van der Waals surface area contributed by atoms with Crippen LogP contribution in [0.5, 0.6) is 0 Å². The van der Waals surface area contributed by atoms with Crippen molar-refractivity contribution in [2.75, 3.05) is 5.75 Å². The molecule has 10 heavy (non-hydrogen) atoms. The van der Waals surface area contributed by atoms with Crippen LogP contribution in [0.25, 0.3) is 0 Å². The molecule has 4 nitrogen and oxygen atoms in total. The van der Waals surface area contributed by atoms with Crippen LogP contribution in [0.15, 0.2) is 0 Å². The molecule has 0 saturated carbocycles. The van der Waals surface area contributed by atoms with Gasteiger partial charge in [-0.25, -0.2) is 0 Å². The Morgan fingerprint density at radius 2 is 1.70 bits per heavy atom. The van der Waals surface area contributed by atoms with E-state index in [0.29, 0.717) is 0 Å². The summed E-state index contributed by atoms with van der Waals surface area (Å²) in [6.45, 7) is 0. The zero-order valence-corrected chi connectivity index (χ0v) is 6.04. The van der Waals surface area contributed by atoms with Crippen molar-refractivity contribution in [2.24, 2.45) is 5.92 Å². The third-order valence-corrected chi connectivity index (χ3v) is 1.27. The van der Waals surface area contributed by atoms with E-state index in [1.165, 1.54) is 0 Å². The lowest BCUT2D eigenvalue weighted by molar-refractivity contribution is -0.154. The third-order valence-electron chi connectivity index (χ3n) is 1.01. The van der Waals surface area contributed by atoms with Crippen molar-refractivity contribution in [1.29, 1.82) is 0 Å². The van der Waals surface area contributed by atoms with Crippen molar-refractivity contribution in [3.63, 3.8) is 0 Å². The summed E-state index contributed by atoms with van der Waals surface area (Å²) in [6.07, 6.45) is 0.0633. The first-order valence-corrected chi connectivity index (χ1v) is 3.29. The van der Waals surface area contributed by atoms with Crippen molar-refractivity contribution in [3.8, 4) is 0 Å². The molecule has 0 bridgehead atoms. The Balaban J connectivity index is 3.98. The molecule has 58 valence electrons. The number of hydrogen-bond acceptors (Lipinski definition) is 3. The van der Waals surface area contributed by atoms with Crippen molar-refractivity contribution >= 4 is 24.6 Å². The first-order valence-electron chi connectivity index (χ1n) is 2.66. The molecular formula is C5H8O4S. The van der Waals surface area contributed by atoms with Crippen LogP contribution in [0.3, 0.4) is 0 Å². The normalized spacial score (nSPS) is 9.80. The molecule has 5 heteroatoms. The molecule has 0 rings (SSSR count). The van der Waals surface area contributed by atoms with Crippen LogP contribution < -0.4 is 0 Å². The summed E-state index contributed by atoms with van der Waals surface area (Å²) in [5, 5.41) is 16.5. The molecule has 0 aromatic carbocycles. The van der Waals surface area contributed by atoms with Crippen molar-refractivity contribution in [1.82, 2.24) is 0 Å². The van der Waals surface area contributed by atoms with Gasteiger partial charge in [0.05, 0.1) is 0 Å². The second-order valence-electron chi connectivity index (χ2n) is 1.74. The highest BCUT2D eigenvalue weighted by Crippen LogP contribution is 2.03. The van der Waals surface area contributed by atoms with E-state index in [2.05, 4.69) is 12.6 Å². The van der Waals surface area contributed by atoms with E-state index in [4.69, 9.17) is 10.2 Å².